The molecule has 1 saturated heterocycles. The van der Waals surface area contributed by atoms with Gasteiger partial charge in [-0.3, -0.25) is 4.79 Å². The Bertz CT molecular complexity index is 867. The molecule has 0 aromatic heterocycles. The van der Waals surface area contributed by atoms with Gasteiger partial charge in [-0.05, 0) is 41.8 Å². The van der Waals surface area contributed by atoms with Crippen LogP contribution in [0.1, 0.15) is 6.92 Å². The Morgan fingerprint density at radius 1 is 1.04 bits per heavy atom. The topological polar surface area (TPSA) is 49.9 Å². The van der Waals surface area contributed by atoms with Gasteiger partial charge in [-0.1, -0.05) is 30.3 Å². The Labute approximate surface area is 164 Å². The summed E-state index contributed by atoms with van der Waals surface area (Å²) in [6.07, 6.45) is -8.74. The summed E-state index contributed by atoms with van der Waals surface area (Å²) >= 11 is 1.54. The van der Waals surface area contributed by atoms with Crippen molar-refractivity contribution in [1.29, 1.82) is 0 Å². The van der Waals surface area contributed by atoms with Gasteiger partial charge in [0.25, 0.3) is 6.10 Å². The summed E-state index contributed by atoms with van der Waals surface area (Å²) in [7, 11) is 0. The Morgan fingerprint density at radius 2 is 1.68 bits per heavy atom. The summed E-state index contributed by atoms with van der Waals surface area (Å²) in [5.41, 5.74) is 0. The number of piperazine rings is 1. The molecule has 0 radical (unpaired) electrons. The lowest BCUT2D eigenvalue weighted by Gasteiger charge is -2.34. The Morgan fingerprint density at radius 3 is 2.29 bits per heavy atom. The van der Waals surface area contributed by atoms with E-state index in [-0.39, 0.29) is 13.1 Å². The molecule has 150 valence electrons. The third-order valence-electron chi connectivity index (χ3n) is 4.34. The van der Waals surface area contributed by atoms with Gasteiger partial charge in [0.1, 0.15) is 0 Å². The zero-order valence-electron chi connectivity index (χ0n) is 15.1. The van der Waals surface area contributed by atoms with Gasteiger partial charge in [0.05, 0.1) is 0 Å². The number of carbonyl (C=O) groups is 2. The maximum absolute atomic E-state index is 12.8. The number of carbonyl (C=O) groups excluding carboxylic acids is 2. The van der Waals surface area contributed by atoms with Gasteiger partial charge in [0.15, 0.2) is 5.78 Å². The lowest BCUT2D eigenvalue weighted by atomic mass is 10.1. The van der Waals surface area contributed by atoms with Crippen LogP contribution in [0.3, 0.4) is 0 Å². The van der Waals surface area contributed by atoms with E-state index in [1.54, 1.807) is 0 Å². The van der Waals surface area contributed by atoms with Gasteiger partial charge in [0.2, 0.25) is 0 Å². The number of benzene rings is 2. The molecular formula is C19H19F3N2O3S. The van der Waals surface area contributed by atoms with Crippen LogP contribution >= 0.6 is 11.9 Å². The Hall–Kier alpha value is -2.26. The molecule has 2 aromatic carbocycles. The summed E-state index contributed by atoms with van der Waals surface area (Å²) in [5.74, 6) is -1.24. The smallest absolute Gasteiger partial charge is 0.428 e. The number of fused-ring (bicyclic) bond motifs is 1. The first-order valence-electron chi connectivity index (χ1n) is 8.68. The van der Waals surface area contributed by atoms with Crippen LogP contribution in [0.15, 0.2) is 47.4 Å². The molecule has 9 heteroatoms. The van der Waals surface area contributed by atoms with Crippen LogP contribution < -0.4 is 0 Å². The second-order valence-corrected chi connectivity index (χ2v) is 7.60. The molecule has 1 aliphatic rings. The van der Waals surface area contributed by atoms with Crippen molar-refractivity contribution < 1.29 is 27.5 Å². The zero-order valence-corrected chi connectivity index (χ0v) is 15.9. The molecule has 0 spiro atoms. The first-order chi connectivity index (χ1) is 13.2. The van der Waals surface area contributed by atoms with Crippen LogP contribution in [0.4, 0.5) is 18.0 Å². The van der Waals surface area contributed by atoms with E-state index in [0.29, 0.717) is 13.1 Å². The van der Waals surface area contributed by atoms with Crippen LogP contribution in [0.2, 0.25) is 0 Å². The number of nitrogens with zero attached hydrogens (tertiary/aromatic N) is 2. The third kappa shape index (κ3) is 4.96. The maximum atomic E-state index is 12.8. The third-order valence-corrected chi connectivity index (χ3v) is 5.43. The molecule has 5 nitrogen and oxygen atoms in total. The highest BCUT2D eigenvalue weighted by molar-refractivity contribution is 7.97. The molecule has 2 aromatic rings. The number of halogens is 3. The lowest BCUT2D eigenvalue weighted by Crippen LogP contribution is -2.49. The van der Waals surface area contributed by atoms with E-state index < -0.39 is 24.2 Å². The molecule has 0 bridgehead atoms. The van der Waals surface area contributed by atoms with Crippen molar-refractivity contribution in [3.8, 4) is 0 Å². The summed E-state index contributed by atoms with van der Waals surface area (Å²) in [4.78, 5) is 25.4. The maximum Gasteiger partial charge on any atom is 0.432 e. The van der Waals surface area contributed by atoms with Crippen molar-refractivity contribution in [2.45, 2.75) is 24.1 Å². The highest BCUT2D eigenvalue weighted by Crippen LogP contribution is 2.28. The van der Waals surface area contributed by atoms with E-state index in [2.05, 4.69) is 10.8 Å². The highest BCUT2D eigenvalue weighted by atomic mass is 32.2. The van der Waals surface area contributed by atoms with Crippen LogP contribution in [-0.4, -0.2) is 59.5 Å². The monoisotopic (exact) mass is 412 g/mol. The highest BCUT2D eigenvalue weighted by Gasteiger charge is 2.47. The average molecular weight is 412 g/mol. The summed E-state index contributed by atoms with van der Waals surface area (Å²) < 4.78 is 44.8. The van der Waals surface area contributed by atoms with Crippen molar-refractivity contribution >= 4 is 34.6 Å². The van der Waals surface area contributed by atoms with Gasteiger partial charge in [-0.2, -0.15) is 13.2 Å². The number of hydrogen-bond acceptors (Lipinski definition) is 5. The Kier molecular flexibility index (Phi) is 6.14. The summed E-state index contributed by atoms with van der Waals surface area (Å²) in [6, 6.07) is 14.1. The van der Waals surface area contributed by atoms with Crippen molar-refractivity contribution in [1.82, 2.24) is 9.21 Å². The molecule has 3 rings (SSSR count). The van der Waals surface area contributed by atoms with Crippen LogP contribution in [0.5, 0.6) is 0 Å². The van der Waals surface area contributed by atoms with Gasteiger partial charge < -0.3 is 9.64 Å². The van der Waals surface area contributed by atoms with Crippen molar-refractivity contribution in [2.75, 3.05) is 26.2 Å². The predicted molar refractivity (Wildman–Crippen MR) is 100.0 cm³/mol. The average Bonchev–Trinajstić information content (AvgIpc) is 2.65. The number of hydrogen-bond donors (Lipinski definition) is 0. The quantitative estimate of drug-likeness (QED) is 0.707. The number of Topliss-reactive ketones (excluding diaryl/α,β-unsaturated/α-hetero) is 1. The number of alkyl halides is 3. The molecule has 1 aliphatic heterocycles. The van der Waals surface area contributed by atoms with E-state index in [9.17, 15) is 22.8 Å². The fourth-order valence-corrected chi connectivity index (χ4v) is 3.84. The number of rotatable bonds is 4. The molecule has 28 heavy (non-hydrogen) atoms. The second kappa shape index (κ2) is 8.40. The van der Waals surface area contributed by atoms with Gasteiger partial charge >= 0.3 is 12.3 Å². The lowest BCUT2D eigenvalue weighted by molar-refractivity contribution is -0.204. The fourth-order valence-electron chi connectivity index (χ4n) is 2.89. The molecule has 1 atom stereocenters. The molecular weight excluding hydrogens is 393 g/mol. The van der Waals surface area contributed by atoms with Crippen LogP contribution in [0, 0.1) is 0 Å². The molecule has 1 heterocycles. The van der Waals surface area contributed by atoms with E-state index in [4.69, 9.17) is 0 Å². The molecule has 0 N–H and O–H groups in total. The standard InChI is InChI=1S/C19H19F3N2O3S/c1-13(25)17(19(20,21)22)27-18(26)23-8-10-24(11-9-23)28-16-7-6-14-4-2-3-5-15(14)12-16/h2-7,12,17H,8-11H2,1H3. The number of amides is 1. The van der Waals surface area contributed by atoms with Crippen LogP contribution in [-0.2, 0) is 9.53 Å². The van der Waals surface area contributed by atoms with E-state index in [0.717, 1.165) is 22.6 Å². The largest absolute Gasteiger partial charge is 0.432 e. The summed E-state index contributed by atoms with van der Waals surface area (Å²) in [6.45, 7) is 2.15. The minimum absolute atomic E-state index is 0.224. The van der Waals surface area contributed by atoms with Gasteiger partial charge in [-0.15, -0.1) is 0 Å². The van der Waals surface area contributed by atoms with Crippen LogP contribution in [0.25, 0.3) is 10.8 Å². The summed E-state index contributed by atoms with van der Waals surface area (Å²) in [5, 5.41) is 2.27. The van der Waals surface area contributed by atoms with E-state index in [1.807, 2.05) is 40.7 Å². The molecule has 1 fully saturated rings. The molecule has 1 unspecified atom stereocenters. The van der Waals surface area contributed by atoms with E-state index in [1.165, 1.54) is 16.8 Å². The first kappa shape index (κ1) is 20.5. The van der Waals surface area contributed by atoms with E-state index >= 15 is 0 Å². The van der Waals surface area contributed by atoms with Gasteiger partial charge in [-0.25, -0.2) is 9.10 Å². The molecule has 1 amide bonds. The minimum Gasteiger partial charge on any atom is -0.428 e. The van der Waals surface area contributed by atoms with Crippen molar-refractivity contribution in [3.63, 3.8) is 0 Å². The predicted octanol–water partition coefficient (Wildman–Crippen LogP) is 4.12. The first-order valence-corrected chi connectivity index (χ1v) is 9.46. The number of ketones is 1. The number of ether oxygens (including phenoxy) is 1. The molecule has 0 saturated carbocycles. The zero-order chi connectivity index (χ0) is 20.3. The van der Waals surface area contributed by atoms with Crippen molar-refractivity contribution in [3.05, 3.63) is 42.5 Å². The fraction of sp³-hybridized carbons (Fsp3) is 0.368. The second-order valence-electron chi connectivity index (χ2n) is 6.43. The van der Waals surface area contributed by atoms with Gasteiger partial charge in [0, 0.05) is 31.1 Å². The molecule has 0 aliphatic carbocycles. The normalized spacial score (nSPS) is 16.8. The minimum atomic E-state index is -4.91. The van der Waals surface area contributed by atoms with Crippen molar-refractivity contribution in [2.24, 2.45) is 0 Å². The Balaban J connectivity index is 1.54. The SMILES string of the molecule is CC(=O)C(OC(=O)N1CCN(Sc2ccc3ccccc3c2)CC1)C(F)(F)F.